The van der Waals surface area contributed by atoms with Gasteiger partial charge in [0.15, 0.2) is 0 Å². The highest BCUT2D eigenvalue weighted by atomic mass is 35.5. The smallest absolute Gasteiger partial charge is 0.306 e. The highest BCUT2D eigenvalue weighted by Crippen LogP contribution is 2.54. The minimum atomic E-state index is -0.561. The summed E-state index contributed by atoms with van der Waals surface area (Å²) in [5.74, 6) is -0.102. The number of halogens is 1. The van der Waals surface area contributed by atoms with Crippen molar-refractivity contribution < 1.29 is 19.1 Å². The van der Waals surface area contributed by atoms with Crippen LogP contribution in [0.2, 0.25) is 0 Å². The van der Waals surface area contributed by atoms with Crippen molar-refractivity contribution in [3.63, 3.8) is 0 Å². The van der Waals surface area contributed by atoms with E-state index in [9.17, 15) is 9.59 Å². The maximum atomic E-state index is 12.4. The first-order valence-corrected chi connectivity index (χ1v) is 16.2. The Morgan fingerprint density at radius 2 is 1.09 bits per heavy atom. The van der Waals surface area contributed by atoms with Gasteiger partial charge >= 0.3 is 5.97 Å². The van der Waals surface area contributed by atoms with Crippen LogP contribution in [0.4, 0.5) is 0 Å². The van der Waals surface area contributed by atoms with Gasteiger partial charge in [-0.2, -0.15) is 0 Å². The fourth-order valence-electron chi connectivity index (χ4n) is 7.03. The molecule has 1 aliphatic carbocycles. The number of alkyl halides is 1. The number of fused-ring (bicyclic) bond motifs is 5. The van der Waals surface area contributed by atoms with Crippen LogP contribution >= 0.6 is 11.6 Å². The minimum Gasteiger partial charge on any atom is -0.468 e. The molecule has 0 amide bonds. The molecule has 7 rings (SSSR count). The quantitative estimate of drug-likeness (QED) is 0.0623. The summed E-state index contributed by atoms with van der Waals surface area (Å²) in [5.41, 5.74) is 8.47. The molecule has 0 heterocycles. The second-order valence-corrected chi connectivity index (χ2v) is 12.2. The summed E-state index contributed by atoms with van der Waals surface area (Å²) in [4.78, 5) is 23.7. The Kier molecular flexibility index (Phi) is 8.30. The summed E-state index contributed by atoms with van der Waals surface area (Å²) in [5, 5.41) is 4.75. The lowest BCUT2D eigenvalue weighted by molar-refractivity contribution is -0.143. The normalized spacial score (nSPS) is 12.9. The summed E-state index contributed by atoms with van der Waals surface area (Å²) in [7, 11) is 0. The van der Waals surface area contributed by atoms with Crippen LogP contribution in [0.25, 0.3) is 54.9 Å². The third kappa shape index (κ3) is 5.54. The van der Waals surface area contributed by atoms with Gasteiger partial charge in [-0.05, 0) is 103 Å². The molecule has 0 saturated heterocycles. The number of carbonyl (C=O) groups is 2. The Hall–Kier alpha value is -4.93. The van der Waals surface area contributed by atoms with Gasteiger partial charge in [0.2, 0.25) is 0 Å². The van der Waals surface area contributed by atoms with Gasteiger partial charge in [-0.25, -0.2) is 0 Å². The molecule has 0 saturated carbocycles. The lowest BCUT2D eigenvalue weighted by Crippen LogP contribution is -2.30. The second kappa shape index (κ2) is 12.8. The maximum absolute atomic E-state index is 12.4. The molecule has 0 N–H and O–H groups in total. The fraction of sp³-hybridized carbons (Fsp3) is 0.171. The summed E-state index contributed by atoms with van der Waals surface area (Å²) in [6, 6.07) is 43.1. The number of ether oxygens (including phenoxy) is 2. The monoisotopic (exact) mass is 624 g/mol. The van der Waals surface area contributed by atoms with E-state index in [1.807, 2.05) is 0 Å². The van der Waals surface area contributed by atoms with Crippen LogP contribution in [0.1, 0.15) is 30.4 Å². The molecular weight excluding hydrogens is 592 g/mol. The molecule has 0 aromatic heterocycles. The van der Waals surface area contributed by atoms with Gasteiger partial charge in [0.25, 0.3) is 6.47 Å². The van der Waals surface area contributed by atoms with Crippen molar-refractivity contribution in [2.24, 2.45) is 0 Å². The Balaban J connectivity index is 1.37. The van der Waals surface area contributed by atoms with E-state index in [0.29, 0.717) is 19.3 Å². The molecule has 0 bridgehead atoms. The molecule has 228 valence electrons. The van der Waals surface area contributed by atoms with E-state index < -0.39 is 5.41 Å². The standard InChI is InChI=1S/C41H33ClO4/c42-20-17-40(44)46-22-19-41(18-21-45-27-43)38-25-34(32-11-9-28-5-1-3-7-30(28)23-32)13-15-36(38)37-16-14-35(26-39(37)41)33-12-10-29-6-2-4-8-31(29)24-33/h1-16,23-27H,17-22H2. The summed E-state index contributed by atoms with van der Waals surface area (Å²) < 4.78 is 11.0. The average molecular weight is 625 g/mol. The number of hydrogen-bond donors (Lipinski definition) is 0. The molecule has 46 heavy (non-hydrogen) atoms. The lowest BCUT2D eigenvalue weighted by atomic mass is 9.72. The highest BCUT2D eigenvalue weighted by molar-refractivity contribution is 6.18. The van der Waals surface area contributed by atoms with E-state index in [2.05, 4.69) is 121 Å². The minimum absolute atomic E-state index is 0.161. The molecule has 0 radical (unpaired) electrons. The third-order valence-electron chi connectivity index (χ3n) is 9.33. The maximum Gasteiger partial charge on any atom is 0.306 e. The highest BCUT2D eigenvalue weighted by Gasteiger charge is 2.43. The van der Waals surface area contributed by atoms with Crippen LogP contribution < -0.4 is 0 Å². The van der Waals surface area contributed by atoms with Crippen LogP contribution in [0.15, 0.2) is 121 Å². The molecule has 1 aliphatic rings. The second-order valence-electron chi connectivity index (χ2n) is 11.9. The van der Waals surface area contributed by atoms with Crippen molar-refractivity contribution in [3.05, 3.63) is 132 Å². The first-order valence-electron chi connectivity index (χ1n) is 15.6. The third-order valence-corrected chi connectivity index (χ3v) is 9.52. The number of carbonyl (C=O) groups excluding carboxylic acids is 2. The van der Waals surface area contributed by atoms with E-state index in [-0.39, 0.29) is 31.5 Å². The molecule has 0 fully saturated rings. The molecule has 6 aromatic rings. The largest absolute Gasteiger partial charge is 0.468 e. The molecule has 0 unspecified atom stereocenters. The van der Waals surface area contributed by atoms with E-state index in [1.54, 1.807) is 0 Å². The Morgan fingerprint density at radius 3 is 1.61 bits per heavy atom. The molecule has 0 atom stereocenters. The fourth-order valence-corrected chi connectivity index (χ4v) is 7.18. The lowest BCUT2D eigenvalue weighted by Gasteiger charge is -2.32. The number of esters is 1. The average Bonchev–Trinajstić information content (AvgIpc) is 3.36. The van der Waals surface area contributed by atoms with Gasteiger partial charge in [0.1, 0.15) is 0 Å². The first kappa shape index (κ1) is 29.8. The van der Waals surface area contributed by atoms with Gasteiger partial charge < -0.3 is 9.47 Å². The van der Waals surface area contributed by atoms with Gasteiger partial charge in [-0.15, -0.1) is 11.6 Å². The van der Waals surface area contributed by atoms with Crippen LogP contribution in [0, 0.1) is 0 Å². The van der Waals surface area contributed by atoms with E-state index >= 15 is 0 Å². The van der Waals surface area contributed by atoms with Crippen molar-refractivity contribution in [1.29, 1.82) is 0 Å². The predicted octanol–water partition coefficient (Wildman–Crippen LogP) is 9.72. The van der Waals surface area contributed by atoms with Crippen molar-refractivity contribution >= 4 is 45.6 Å². The molecule has 4 nitrogen and oxygen atoms in total. The van der Waals surface area contributed by atoms with Gasteiger partial charge in [-0.1, -0.05) is 97.1 Å². The SMILES string of the molecule is O=COCCC1(CCOC(=O)CCCl)c2cc(-c3ccc4ccccc4c3)ccc2-c2ccc(-c3ccc4ccccc4c3)cc21. The Labute approximate surface area is 273 Å². The molecule has 5 heteroatoms. The Bertz CT molecular complexity index is 1950. The van der Waals surface area contributed by atoms with Crippen LogP contribution in [0.3, 0.4) is 0 Å². The topological polar surface area (TPSA) is 52.6 Å². The van der Waals surface area contributed by atoms with Crippen molar-refractivity contribution in [2.75, 3.05) is 19.1 Å². The molecule has 0 spiro atoms. The van der Waals surface area contributed by atoms with Crippen molar-refractivity contribution in [1.82, 2.24) is 0 Å². The summed E-state index contributed by atoms with van der Waals surface area (Å²) in [6.07, 6.45) is 1.24. The molecule has 0 aliphatic heterocycles. The van der Waals surface area contributed by atoms with Crippen molar-refractivity contribution in [2.45, 2.75) is 24.7 Å². The zero-order valence-corrected chi connectivity index (χ0v) is 26.1. The number of rotatable bonds is 11. The van der Waals surface area contributed by atoms with Gasteiger partial charge in [0.05, 0.1) is 19.6 Å². The first-order chi connectivity index (χ1) is 22.6. The van der Waals surface area contributed by atoms with E-state index in [4.69, 9.17) is 21.1 Å². The van der Waals surface area contributed by atoms with Gasteiger partial charge in [0, 0.05) is 11.3 Å². The summed E-state index contributed by atoms with van der Waals surface area (Å²) >= 11 is 5.82. The van der Waals surface area contributed by atoms with Crippen LogP contribution in [-0.4, -0.2) is 31.5 Å². The molecular formula is C41H33ClO4. The van der Waals surface area contributed by atoms with E-state index in [1.165, 1.54) is 21.5 Å². The Morgan fingerprint density at radius 1 is 0.609 bits per heavy atom. The zero-order chi connectivity index (χ0) is 31.5. The van der Waals surface area contributed by atoms with Crippen LogP contribution in [0.5, 0.6) is 0 Å². The predicted molar refractivity (Wildman–Crippen MR) is 186 cm³/mol. The number of benzene rings is 6. The van der Waals surface area contributed by atoms with Gasteiger partial charge in [-0.3, -0.25) is 9.59 Å². The molecule has 6 aromatic carbocycles. The summed E-state index contributed by atoms with van der Waals surface area (Å²) in [6.45, 7) is 0.955. The van der Waals surface area contributed by atoms with Crippen LogP contribution in [-0.2, 0) is 24.5 Å². The zero-order valence-electron chi connectivity index (χ0n) is 25.4. The van der Waals surface area contributed by atoms with E-state index in [0.717, 1.165) is 44.5 Å². The number of hydrogen-bond acceptors (Lipinski definition) is 4. The van der Waals surface area contributed by atoms with Crippen molar-refractivity contribution in [3.8, 4) is 33.4 Å².